The molecule has 1 aliphatic rings. The Hall–Kier alpha value is -2.57. The Morgan fingerprint density at radius 2 is 2.00 bits per heavy atom. The first-order chi connectivity index (χ1) is 12.3. The van der Waals surface area contributed by atoms with E-state index in [1.807, 2.05) is 26.8 Å². The van der Waals surface area contributed by atoms with Gasteiger partial charge in [-0.3, -0.25) is 4.79 Å². The second kappa shape index (κ2) is 7.76. The molecule has 2 atom stereocenters. The number of esters is 1. The van der Waals surface area contributed by atoms with Crippen LogP contribution in [0.5, 0.6) is 5.75 Å². The Morgan fingerprint density at radius 1 is 1.31 bits per heavy atom. The number of amides is 3. The molecule has 0 saturated carbocycles. The molecular formula is C19H26N2O5. The molecule has 1 saturated heterocycles. The number of nitrogens with zero attached hydrogens (tertiary/aromatic N) is 1. The quantitative estimate of drug-likeness (QED) is 0.595. The first kappa shape index (κ1) is 19.8. The number of rotatable bonds is 7. The van der Waals surface area contributed by atoms with Crippen molar-refractivity contribution in [2.45, 2.75) is 52.1 Å². The number of carbonyl (C=O) groups excluding carboxylic acids is 3. The van der Waals surface area contributed by atoms with Crippen LogP contribution in [0.25, 0.3) is 0 Å². The minimum atomic E-state index is -1.20. The van der Waals surface area contributed by atoms with Crippen molar-refractivity contribution in [2.24, 2.45) is 0 Å². The average Bonchev–Trinajstić information content (AvgIpc) is 2.89. The van der Waals surface area contributed by atoms with Gasteiger partial charge in [-0.25, -0.2) is 14.5 Å². The van der Waals surface area contributed by atoms with Crippen molar-refractivity contribution >= 4 is 17.9 Å². The van der Waals surface area contributed by atoms with Crippen LogP contribution < -0.4 is 10.1 Å². The number of nitrogens with one attached hydrogen (secondary N) is 1. The average molecular weight is 362 g/mol. The maximum absolute atomic E-state index is 13.2. The van der Waals surface area contributed by atoms with E-state index in [-0.39, 0.29) is 6.61 Å². The molecule has 1 aromatic carbocycles. The van der Waals surface area contributed by atoms with Crippen LogP contribution in [0.15, 0.2) is 18.2 Å². The summed E-state index contributed by atoms with van der Waals surface area (Å²) in [5.74, 6) is -0.339. The van der Waals surface area contributed by atoms with Gasteiger partial charge >= 0.3 is 12.0 Å². The summed E-state index contributed by atoms with van der Waals surface area (Å²) >= 11 is 0. The summed E-state index contributed by atoms with van der Waals surface area (Å²) in [6.45, 7) is 7.32. The predicted molar refractivity (Wildman–Crippen MR) is 95.8 cm³/mol. The van der Waals surface area contributed by atoms with Gasteiger partial charge in [0.2, 0.25) is 0 Å². The van der Waals surface area contributed by atoms with Crippen LogP contribution in [0.3, 0.4) is 0 Å². The SMILES string of the molecule is CCCOC(=O)C(C)N1C(=O)NC(CC)(c2ccc(OC)c(C)c2)C1=O. The number of imide groups is 1. The molecule has 7 nitrogen and oxygen atoms in total. The van der Waals surface area contributed by atoms with Gasteiger partial charge in [0.25, 0.3) is 5.91 Å². The zero-order valence-electron chi connectivity index (χ0n) is 15.9. The lowest BCUT2D eigenvalue weighted by atomic mass is 9.86. The maximum Gasteiger partial charge on any atom is 0.329 e. The predicted octanol–water partition coefficient (Wildman–Crippen LogP) is 2.50. The molecule has 0 spiro atoms. The molecular weight excluding hydrogens is 336 g/mol. The molecule has 26 heavy (non-hydrogen) atoms. The first-order valence-corrected chi connectivity index (χ1v) is 8.79. The summed E-state index contributed by atoms with van der Waals surface area (Å²) in [5, 5.41) is 2.78. The minimum Gasteiger partial charge on any atom is -0.496 e. The molecule has 1 aromatic rings. The minimum absolute atomic E-state index is 0.253. The molecule has 2 rings (SSSR count). The number of hydrogen-bond acceptors (Lipinski definition) is 5. The van der Waals surface area contributed by atoms with Crippen LogP contribution in [0, 0.1) is 6.92 Å². The first-order valence-electron chi connectivity index (χ1n) is 8.79. The lowest BCUT2D eigenvalue weighted by Gasteiger charge is -2.27. The molecule has 0 aromatic heterocycles. The number of carbonyl (C=O) groups is 3. The van der Waals surface area contributed by atoms with Crippen LogP contribution in [-0.4, -0.2) is 42.6 Å². The second-order valence-electron chi connectivity index (χ2n) is 6.39. The van der Waals surface area contributed by atoms with Crippen molar-refractivity contribution in [3.63, 3.8) is 0 Å². The highest BCUT2D eigenvalue weighted by Crippen LogP contribution is 2.35. The zero-order valence-corrected chi connectivity index (χ0v) is 15.9. The number of ether oxygens (including phenoxy) is 2. The van der Waals surface area contributed by atoms with Crippen LogP contribution in [0.1, 0.15) is 44.7 Å². The second-order valence-corrected chi connectivity index (χ2v) is 6.39. The topological polar surface area (TPSA) is 84.9 Å². The molecule has 142 valence electrons. The van der Waals surface area contributed by atoms with Crippen molar-refractivity contribution < 1.29 is 23.9 Å². The van der Waals surface area contributed by atoms with E-state index in [4.69, 9.17) is 9.47 Å². The summed E-state index contributed by atoms with van der Waals surface area (Å²) in [7, 11) is 1.57. The van der Waals surface area contributed by atoms with Crippen molar-refractivity contribution in [3.8, 4) is 5.75 Å². The highest BCUT2D eigenvalue weighted by Gasteiger charge is 2.54. The molecule has 1 N–H and O–H groups in total. The van der Waals surface area contributed by atoms with Gasteiger partial charge in [-0.2, -0.15) is 0 Å². The van der Waals surface area contributed by atoms with Crippen LogP contribution in [0.2, 0.25) is 0 Å². The van der Waals surface area contributed by atoms with Gasteiger partial charge in [-0.05, 0) is 49.9 Å². The molecule has 0 aliphatic carbocycles. The van der Waals surface area contributed by atoms with E-state index in [9.17, 15) is 14.4 Å². The van der Waals surface area contributed by atoms with Gasteiger partial charge in [-0.1, -0.05) is 19.9 Å². The van der Waals surface area contributed by atoms with Crippen molar-refractivity contribution in [2.75, 3.05) is 13.7 Å². The number of aryl methyl sites for hydroxylation is 1. The lowest BCUT2D eigenvalue weighted by Crippen LogP contribution is -2.47. The number of methoxy groups -OCH3 is 1. The van der Waals surface area contributed by atoms with Gasteiger partial charge in [0.1, 0.15) is 17.3 Å². The molecule has 1 heterocycles. The van der Waals surface area contributed by atoms with Crippen molar-refractivity contribution in [1.82, 2.24) is 10.2 Å². The van der Waals surface area contributed by atoms with E-state index >= 15 is 0 Å². The number of urea groups is 1. The monoisotopic (exact) mass is 362 g/mol. The van der Waals surface area contributed by atoms with Gasteiger partial charge in [0.15, 0.2) is 0 Å². The standard InChI is InChI=1S/C19H26N2O5/c1-6-10-26-16(22)13(4)21-17(23)19(7-2,20-18(21)24)14-8-9-15(25-5)12(3)11-14/h8-9,11,13H,6-7,10H2,1-5H3,(H,20,24). The molecule has 3 amide bonds. The van der Waals surface area contributed by atoms with Gasteiger partial charge in [0.05, 0.1) is 13.7 Å². The summed E-state index contributed by atoms with van der Waals surface area (Å²) in [6, 6.07) is 3.78. The third-order valence-electron chi connectivity index (χ3n) is 4.72. The van der Waals surface area contributed by atoms with E-state index in [2.05, 4.69) is 5.32 Å². The Morgan fingerprint density at radius 3 is 2.54 bits per heavy atom. The molecule has 0 radical (unpaired) electrons. The third kappa shape index (κ3) is 3.25. The third-order valence-corrected chi connectivity index (χ3v) is 4.72. The van der Waals surface area contributed by atoms with E-state index < -0.39 is 29.5 Å². The van der Waals surface area contributed by atoms with E-state index in [1.165, 1.54) is 6.92 Å². The smallest absolute Gasteiger partial charge is 0.329 e. The molecule has 2 unspecified atom stereocenters. The molecule has 7 heteroatoms. The van der Waals surface area contributed by atoms with Gasteiger partial charge < -0.3 is 14.8 Å². The van der Waals surface area contributed by atoms with Crippen molar-refractivity contribution in [3.05, 3.63) is 29.3 Å². The zero-order chi connectivity index (χ0) is 19.5. The Bertz CT molecular complexity index is 718. The highest BCUT2D eigenvalue weighted by atomic mass is 16.5. The van der Waals surface area contributed by atoms with Gasteiger partial charge in [-0.15, -0.1) is 0 Å². The fraction of sp³-hybridized carbons (Fsp3) is 0.526. The van der Waals surface area contributed by atoms with Crippen molar-refractivity contribution in [1.29, 1.82) is 0 Å². The van der Waals surface area contributed by atoms with Crippen LogP contribution in [-0.2, 0) is 19.9 Å². The van der Waals surface area contributed by atoms with Crippen LogP contribution >= 0.6 is 0 Å². The van der Waals surface area contributed by atoms with E-state index in [0.717, 1.165) is 10.5 Å². The summed E-state index contributed by atoms with van der Waals surface area (Å²) in [5.41, 5.74) is 0.315. The summed E-state index contributed by atoms with van der Waals surface area (Å²) in [4.78, 5) is 38.8. The Kier molecular flexibility index (Phi) is 5.90. The lowest BCUT2D eigenvalue weighted by molar-refractivity contribution is -0.152. The Labute approximate surface area is 153 Å². The highest BCUT2D eigenvalue weighted by molar-refractivity contribution is 6.09. The largest absolute Gasteiger partial charge is 0.496 e. The number of hydrogen-bond donors (Lipinski definition) is 1. The normalized spacial score (nSPS) is 20.7. The molecule has 1 fully saturated rings. The van der Waals surface area contributed by atoms with E-state index in [1.54, 1.807) is 19.2 Å². The fourth-order valence-electron chi connectivity index (χ4n) is 3.16. The summed E-state index contributed by atoms with van der Waals surface area (Å²) < 4.78 is 10.4. The molecule has 0 bridgehead atoms. The van der Waals surface area contributed by atoms with Gasteiger partial charge in [0, 0.05) is 0 Å². The fourth-order valence-corrected chi connectivity index (χ4v) is 3.16. The number of benzene rings is 1. The van der Waals surface area contributed by atoms with E-state index in [0.29, 0.717) is 24.2 Å². The van der Waals surface area contributed by atoms with Crippen LogP contribution in [0.4, 0.5) is 4.79 Å². The molecule has 1 aliphatic heterocycles. The maximum atomic E-state index is 13.2. The Balaban J connectivity index is 2.37. The summed E-state index contributed by atoms with van der Waals surface area (Å²) in [6.07, 6.45) is 1.03.